The minimum atomic E-state index is 0.0828. The highest BCUT2D eigenvalue weighted by atomic mass is 16.2. The first-order valence-electron chi connectivity index (χ1n) is 7.14. The number of rotatable bonds is 3. The number of nitrogens with zero attached hydrogens (tertiary/aromatic N) is 1. The molecular formula is C15H21N3O. The van der Waals surface area contributed by atoms with Crippen LogP contribution in [-0.4, -0.2) is 37.1 Å². The zero-order chi connectivity index (χ0) is 13.1. The number of hydrogen-bond acceptors (Lipinski definition) is 2. The summed E-state index contributed by atoms with van der Waals surface area (Å²) in [5.74, 6) is 0.606. The Hall–Kier alpha value is -1.55. The quantitative estimate of drug-likeness (QED) is 0.868. The highest BCUT2D eigenvalue weighted by Gasteiger charge is 2.31. The summed E-state index contributed by atoms with van der Waals surface area (Å²) in [4.78, 5) is 14.0. The molecule has 2 fully saturated rings. The van der Waals surface area contributed by atoms with E-state index in [1.165, 1.54) is 18.4 Å². The van der Waals surface area contributed by atoms with Gasteiger partial charge in [-0.2, -0.15) is 0 Å². The van der Waals surface area contributed by atoms with Crippen molar-refractivity contribution in [2.45, 2.75) is 18.9 Å². The number of carbonyl (C=O) groups is 1. The molecule has 2 unspecified atom stereocenters. The van der Waals surface area contributed by atoms with Crippen molar-refractivity contribution in [3.8, 4) is 0 Å². The zero-order valence-corrected chi connectivity index (χ0v) is 11.1. The van der Waals surface area contributed by atoms with Crippen LogP contribution in [0.2, 0.25) is 0 Å². The van der Waals surface area contributed by atoms with E-state index in [0.29, 0.717) is 5.92 Å². The van der Waals surface area contributed by atoms with Crippen LogP contribution in [-0.2, 0) is 0 Å². The van der Waals surface area contributed by atoms with E-state index in [2.05, 4.69) is 22.8 Å². The first-order valence-corrected chi connectivity index (χ1v) is 7.14. The largest absolute Gasteiger partial charge is 0.329 e. The summed E-state index contributed by atoms with van der Waals surface area (Å²) in [6.07, 6.45) is 2.45. The Kier molecular flexibility index (Phi) is 3.69. The van der Waals surface area contributed by atoms with Crippen LogP contribution in [0.4, 0.5) is 4.79 Å². The van der Waals surface area contributed by atoms with Crippen molar-refractivity contribution in [1.29, 1.82) is 0 Å². The number of urea groups is 1. The monoisotopic (exact) mass is 259 g/mol. The number of piperidine rings is 1. The molecule has 4 nitrogen and oxygen atoms in total. The summed E-state index contributed by atoms with van der Waals surface area (Å²) < 4.78 is 0. The molecule has 2 aliphatic rings. The van der Waals surface area contributed by atoms with Crippen LogP contribution in [0.5, 0.6) is 0 Å². The van der Waals surface area contributed by atoms with Crippen LogP contribution in [0.3, 0.4) is 0 Å². The van der Waals surface area contributed by atoms with Gasteiger partial charge in [-0.05, 0) is 37.4 Å². The lowest BCUT2D eigenvalue weighted by molar-refractivity contribution is 0.202. The Morgan fingerprint density at radius 3 is 2.84 bits per heavy atom. The van der Waals surface area contributed by atoms with Gasteiger partial charge in [0.15, 0.2) is 0 Å². The van der Waals surface area contributed by atoms with E-state index in [-0.39, 0.29) is 12.1 Å². The maximum Gasteiger partial charge on any atom is 0.318 e. The lowest BCUT2D eigenvalue weighted by Crippen LogP contribution is -2.39. The molecule has 0 aliphatic carbocycles. The average molecular weight is 259 g/mol. The van der Waals surface area contributed by atoms with Crippen LogP contribution in [0.15, 0.2) is 30.3 Å². The zero-order valence-electron chi connectivity index (χ0n) is 11.1. The molecule has 0 bridgehead atoms. The SMILES string of the molecule is O=C1NC(c2ccccc2)CN1CC1CCCNC1. The van der Waals surface area contributed by atoms with Gasteiger partial charge < -0.3 is 15.5 Å². The fraction of sp³-hybridized carbons (Fsp3) is 0.533. The first-order chi connectivity index (χ1) is 9.33. The van der Waals surface area contributed by atoms with Crippen molar-refractivity contribution in [3.63, 3.8) is 0 Å². The third-order valence-corrected chi connectivity index (χ3v) is 4.07. The van der Waals surface area contributed by atoms with Crippen LogP contribution >= 0.6 is 0 Å². The van der Waals surface area contributed by atoms with Crippen molar-refractivity contribution < 1.29 is 4.79 Å². The molecule has 1 aromatic carbocycles. The van der Waals surface area contributed by atoms with Crippen molar-refractivity contribution in [2.24, 2.45) is 5.92 Å². The highest BCUT2D eigenvalue weighted by molar-refractivity contribution is 5.77. The molecule has 0 radical (unpaired) electrons. The van der Waals surface area contributed by atoms with Crippen molar-refractivity contribution >= 4 is 6.03 Å². The van der Waals surface area contributed by atoms with Crippen LogP contribution in [0.25, 0.3) is 0 Å². The predicted octanol–water partition coefficient (Wildman–Crippen LogP) is 1.75. The van der Waals surface area contributed by atoms with E-state index in [0.717, 1.165) is 26.2 Å². The van der Waals surface area contributed by atoms with Gasteiger partial charge in [0.25, 0.3) is 0 Å². The Morgan fingerprint density at radius 1 is 1.26 bits per heavy atom. The molecular weight excluding hydrogens is 238 g/mol. The Bertz CT molecular complexity index is 428. The van der Waals surface area contributed by atoms with Crippen molar-refractivity contribution in [3.05, 3.63) is 35.9 Å². The number of amides is 2. The van der Waals surface area contributed by atoms with Gasteiger partial charge in [-0.15, -0.1) is 0 Å². The second-order valence-corrected chi connectivity index (χ2v) is 5.53. The normalized spacial score (nSPS) is 27.4. The summed E-state index contributed by atoms with van der Waals surface area (Å²) in [7, 11) is 0. The van der Waals surface area contributed by atoms with Crippen LogP contribution in [0, 0.1) is 5.92 Å². The smallest absolute Gasteiger partial charge is 0.318 e. The molecule has 4 heteroatoms. The van der Waals surface area contributed by atoms with Gasteiger partial charge in [-0.3, -0.25) is 0 Å². The minimum absolute atomic E-state index is 0.0828. The molecule has 2 heterocycles. The fourth-order valence-electron chi connectivity index (χ4n) is 3.01. The minimum Gasteiger partial charge on any atom is -0.329 e. The van der Waals surface area contributed by atoms with Gasteiger partial charge in [0.05, 0.1) is 6.04 Å². The number of nitrogens with one attached hydrogen (secondary N) is 2. The van der Waals surface area contributed by atoms with Crippen LogP contribution < -0.4 is 10.6 Å². The van der Waals surface area contributed by atoms with Gasteiger partial charge in [0.2, 0.25) is 0 Å². The summed E-state index contributed by atoms with van der Waals surface area (Å²) in [5, 5.41) is 6.48. The van der Waals surface area contributed by atoms with Crippen molar-refractivity contribution in [2.75, 3.05) is 26.2 Å². The molecule has 2 amide bonds. The standard InChI is InChI=1S/C15H21N3O/c19-15-17-14(13-6-2-1-3-7-13)11-18(15)10-12-5-4-8-16-9-12/h1-3,6-7,12,14,16H,4-5,8-11H2,(H,17,19). The molecule has 2 atom stereocenters. The maximum atomic E-state index is 12.0. The molecule has 0 saturated carbocycles. The summed E-state index contributed by atoms with van der Waals surface area (Å²) >= 11 is 0. The molecule has 2 N–H and O–H groups in total. The predicted molar refractivity (Wildman–Crippen MR) is 74.9 cm³/mol. The molecule has 0 aromatic heterocycles. The molecule has 19 heavy (non-hydrogen) atoms. The van der Waals surface area contributed by atoms with Gasteiger partial charge in [0.1, 0.15) is 0 Å². The maximum absolute atomic E-state index is 12.0. The van der Waals surface area contributed by atoms with Crippen molar-refractivity contribution in [1.82, 2.24) is 15.5 Å². The van der Waals surface area contributed by atoms with Gasteiger partial charge >= 0.3 is 6.03 Å². The molecule has 2 saturated heterocycles. The van der Waals surface area contributed by atoms with Gasteiger partial charge in [-0.25, -0.2) is 4.79 Å². The van der Waals surface area contributed by atoms with Gasteiger partial charge in [0, 0.05) is 13.1 Å². The van der Waals surface area contributed by atoms with Gasteiger partial charge in [-0.1, -0.05) is 30.3 Å². The number of benzene rings is 1. The second kappa shape index (κ2) is 5.61. The second-order valence-electron chi connectivity index (χ2n) is 5.53. The van der Waals surface area contributed by atoms with E-state index in [1.807, 2.05) is 23.1 Å². The van der Waals surface area contributed by atoms with E-state index >= 15 is 0 Å². The van der Waals surface area contributed by atoms with E-state index in [4.69, 9.17) is 0 Å². The Balaban J connectivity index is 1.60. The summed E-state index contributed by atoms with van der Waals surface area (Å²) in [6, 6.07) is 10.4. The molecule has 102 valence electrons. The summed E-state index contributed by atoms with van der Waals surface area (Å²) in [5.41, 5.74) is 1.19. The third-order valence-electron chi connectivity index (χ3n) is 4.07. The Morgan fingerprint density at radius 2 is 2.11 bits per heavy atom. The lowest BCUT2D eigenvalue weighted by Gasteiger charge is -2.26. The lowest BCUT2D eigenvalue weighted by atomic mass is 9.99. The fourth-order valence-corrected chi connectivity index (χ4v) is 3.01. The number of hydrogen-bond donors (Lipinski definition) is 2. The molecule has 1 aromatic rings. The van der Waals surface area contributed by atoms with Crippen LogP contribution in [0.1, 0.15) is 24.4 Å². The molecule has 2 aliphatic heterocycles. The first kappa shape index (κ1) is 12.5. The van der Waals surface area contributed by atoms with E-state index < -0.39 is 0 Å². The molecule has 0 spiro atoms. The topological polar surface area (TPSA) is 44.4 Å². The Labute approximate surface area is 114 Å². The third kappa shape index (κ3) is 2.89. The number of carbonyl (C=O) groups excluding carboxylic acids is 1. The average Bonchev–Trinajstić information content (AvgIpc) is 2.82. The molecule has 3 rings (SSSR count). The summed E-state index contributed by atoms with van der Waals surface area (Å²) in [6.45, 7) is 3.83. The van der Waals surface area contributed by atoms with E-state index in [1.54, 1.807) is 0 Å². The van der Waals surface area contributed by atoms with E-state index in [9.17, 15) is 4.79 Å². The highest BCUT2D eigenvalue weighted by Crippen LogP contribution is 2.22.